The van der Waals surface area contributed by atoms with Gasteiger partial charge in [0.25, 0.3) is 0 Å². The predicted molar refractivity (Wildman–Crippen MR) is 65.5 cm³/mol. The number of hydrogen-bond acceptors (Lipinski definition) is 5. The van der Waals surface area contributed by atoms with E-state index in [9.17, 15) is 16.8 Å². The van der Waals surface area contributed by atoms with Crippen LogP contribution in [0.15, 0.2) is 0 Å². The normalized spacial score (nSPS) is 23.8. The maximum Gasteiger partial charge on any atom is 0.215 e. The van der Waals surface area contributed by atoms with Gasteiger partial charge in [0, 0.05) is 25.2 Å². The van der Waals surface area contributed by atoms with Gasteiger partial charge in [-0.3, -0.25) is 0 Å². The highest BCUT2D eigenvalue weighted by atomic mass is 35.5. The number of rotatable bonds is 5. The molecule has 0 bridgehead atoms. The van der Waals surface area contributed by atoms with Gasteiger partial charge in [-0.05, 0) is 0 Å². The number of sulfonamides is 1. The Labute approximate surface area is 107 Å². The number of alkyl halides is 1. The van der Waals surface area contributed by atoms with Gasteiger partial charge in [-0.2, -0.15) is 4.31 Å². The monoisotopic (exact) mass is 305 g/mol. The van der Waals surface area contributed by atoms with Gasteiger partial charge in [0.1, 0.15) is 9.84 Å². The molecule has 0 aromatic carbocycles. The Balaban J connectivity index is 2.64. The summed E-state index contributed by atoms with van der Waals surface area (Å²) in [5, 5.41) is 0. The van der Waals surface area contributed by atoms with Crippen molar-refractivity contribution in [3.63, 3.8) is 0 Å². The van der Waals surface area contributed by atoms with E-state index in [1.54, 1.807) is 0 Å². The lowest BCUT2D eigenvalue weighted by Gasteiger charge is -2.31. The molecule has 1 fully saturated rings. The number of nitrogens with zero attached hydrogens (tertiary/aromatic N) is 1. The highest BCUT2D eigenvalue weighted by molar-refractivity contribution is 7.93. The van der Waals surface area contributed by atoms with Crippen LogP contribution in [0.5, 0.6) is 0 Å². The van der Waals surface area contributed by atoms with Crippen LogP contribution in [0, 0.1) is 0 Å². The molecule has 17 heavy (non-hydrogen) atoms. The van der Waals surface area contributed by atoms with Crippen molar-refractivity contribution in [2.45, 2.75) is 6.10 Å². The molecule has 1 unspecified atom stereocenters. The molecule has 9 heteroatoms. The van der Waals surface area contributed by atoms with E-state index in [1.165, 1.54) is 4.31 Å². The number of ether oxygens (including phenoxy) is 1. The van der Waals surface area contributed by atoms with Gasteiger partial charge >= 0.3 is 0 Å². The van der Waals surface area contributed by atoms with Crippen LogP contribution in [0.25, 0.3) is 0 Å². The van der Waals surface area contributed by atoms with Gasteiger partial charge in [-0.15, -0.1) is 11.6 Å². The van der Waals surface area contributed by atoms with Crippen molar-refractivity contribution in [2.24, 2.45) is 0 Å². The molecule has 1 rings (SSSR count). The van der Waals surface area contributed by atoms with Crippen molar-refractivity contribution in [3.8, 4) is 0 Å². The summed E-state index contributed by atoms with van der Waals surface area (Å²) < 4.78 is 52.1. The van der Waals surface area contributed by atoms with E-state index < -0.39 is 19.9 Å². The second-order valence-corrected chi connectivity index (χ2v) is 8.61. The third-order valence-electron chi connectivity index (χ3n) is 2.38. The summed E-state index contributed by atoms with van der Waals surface area (Å²) in [7, 11) is -6.82. The minimum Gasteiger partial charge on any atom is -0.374 e. The molecule has 1 saturated heterocycles. The maximum absolute atomic E-state index is 11.9. The average Bonchev–Trinajstić information content (AvgIpc) is 2.26. The summed E-state index contributed by atoms with van der Waals surface area (Å²) in [6.07, 6.45) is 0.696. The average molecular weight is 306 g/mol. The fourth-order valence-corrected chi connectivity index (χ4v) is 4.67. The van der Waals surface area contributed by atoms with Crippen LogP contribution >= 0.6 is 11.6 Å². The molecule has 0 amide bonds. The van der Waals surface area contributed by atoms with E-state index in [2.05, 4.69) is 0 Å². The molecule has 0 aliphatic carbocycles. The first-order valence-electron chi connectivity index (χ1n) is 5.08. The zero-order valence-electron chi connectivity index (χ0n) is 9.50. The van der Waals surface area contributed by atoms with Gasteiger partial charge in [0.05, 0.1) is 24.2 Å². The summed E-state index contributed by atoms with van der Waals surface area (Å²) in [5.74, 6) is -0.531. The number of hydrogen-bond donors (Lipinski definition) is 0. The number of morpholine rings is 1. The highest BCUT2D eigenvalue weighted by Crippen LogP contribution is 2.12. The van der Waals surface area contributed by atoms with E-state index in [-0.39, 0.29) is 43.2 Å². The quantitative estimate of drug-likeness (QED) is 0.628. The van der Waals surface area contributed by atoms with Crippen molar-refractivity contribution in [1.82, 2.24) is 4.31 Å². The topological polar surface area (TPSA) is 80.8 Å². The summed E-state index contributed by atoms with van der Waals surface area (Å²) in [6, 6.07) is 0. The third-order valence-corrected chi connectivity index (χ3v) is 5.77. The molecule has 0 N–H and O–H groups in total. The summed E-state index contributed by atoms with van der Waals surface area (Å²) >= 11 is 5.60. The van der Waals surface area contributed by atoms with Crippen LogP contribution in [0.1, 0.15) is 0 Å². The number of halogens is 1. The van der Waals surface area contributed by atoms with E-state index in [0.29, 0.717) is 0 Å². The molecule has 0 radical (unpaired) electrons. The lowest BCUT2D eigenvalue weighted by Crippen LogP contribution is -2.47. The minimum atomic E-state index is -3.54. The first kappa shape index (κ1) is 15.2. The Hall–Kier alpha value is 0.110. The van der Waals surface area contributed by atoms with Crippen LogP contribution in [0.4, 0.5) is 0 Å². The molecule has 0 aromatic heterocycles. The lowest BCUT2D eigenvalue weighted by atomic mass is 10.3. The van der Waals surface area contributed by atoms with E-state index in [4.69, 9.17) is 16.3 Å². The second kappa shape index (κ2) is 5.83. The van der Waals surface area contributed by atoms with E-state index in [0.717, 1.165) is 6.26 Å². The molecule has 102 valence electrons. The van der Waals surface area contributed by atoms with Gasteiger partial charge < -0.3 is 4.74 Å². The zero-order chi connectivity index (χ0) is 13.1. The first-order valence-corrected chi connectivity index (χ1v) is 9.28. The fourth-order valence-electron chi connectivity index (χ4n) is 1.42. The van der Waals surface area contributed by atoms with Gasteiger partial charge in [-0.25, -0.2) is 16.8 Å². The van der Waals surface area contributed by atoms with E-state index >= 15 is 0 Å². The standard InChI is InChI=1S/C8H16ClNO5S2/c1-16(11,12)4-5-17(13,14)10-2-3-15-8(6-9)7-10/h8H,2-7H2,1H3. The SMILES string of the molecule is CS(=O)(=O)CCS(=O)(=O)N1CCOC(CCl)C1. The van der Waals surface area contributed by atoms with Gasteiger partial charge in [-0.1, -0.05) is 0 Å². The summed E-state index contributed by atoms with van der Waals surface area (Å²) in [5.41, 5.74) is 0. The Kier molecular flexibility index (Phi) is 5.21. The second-order valence-electron chi connectivity index (χ2n) is 3.95. The summed E-state index contributed by atoms with van der Waals surface area (Å²) in [6.45, 7) is 0.727. The van der Waals surface area contributed by atoms with Crippen molar-refractivity contribution < 1.29 is 21.6 Å². The minimum absolute atomic E-state index is 0.190. The van der Waals surface area contributed by atoms with Crippen molar-refractivity contribution in [1.29, 1.82) is 0 Å². The van der Waals surface area contributed by atoms with Crippen molar-refractivity contribution in [2.75, 3.05) is 43.3 Å². The Morgan fingerprint density at radius 2 is 1.94 bits per heavy atom. The molecular weight excluding hydrogens is 290 g/mol. The molecule has 1 atom stereocenters. The molecular formula is C8H16ClNO5S2. The highest BCUT2D eigenvalue weighted by Gasteiger charge is 2.29. The largest absolute Gasteiger partial charge is 0.374 e. The van der Waals surface area contributed by atoms with Crippen LogP contribution < -0.4 is 0 Å². The van der Waals surface area contributed by atoms with Crippen LogP contribution in [-0.4, -0.2) is 70.6 Å². The van der Waals surface area contributed by atoms with Crippen molar-refractivity contribution in [3.05, 3.63) is 0 Å². The third kappa shape index (κ3) is 5.09. The van der Waals surface area contributed by atoms with Crippen LogP contribution in [0.3, 0.4) is 0 Å². The predicted octanol–water partition coefficient (Wildman–Crippen LogP) is -0.700. The Morgan fingerprint density at radius 3 is 2.47 bits per heavy atom. The number of sulfone groups is 1. The molecule has 0 spiro atoms. The zero-order valence-corrected chi connectivity index (χ0v) is 11.9. The Morgan fingerprint density at radius 1 is 1.29 bits per heavy atom. The Bertz CT molecular complexity index is 447. The van der Waals surface area contributed by atoms with Gasteiger partial charge in [0.15, 0.2) is 0 Å². The van der Waals surface area contributed by atoms with Crippen molar-refractivity contribution >= 4 is 31.5 Å². The lowest BCUT2D eigenvalue weighted by molar-refractivity contribution is 0.0123. The molecule has 0 saturated carbocycles. The maximum atomic E-state index is 11.9. The van der Waals surface area contributed by atoms with Crippen LogP contribution in [0.2, 0.25) is 0 Å². The molecule has 1 aliphatic rings. The molecule has 1 aliphatic heterocycles. The van der Waals surface area contributed by atoms with Crippen LogP contribution in [-0.2, 0) is 24.6 Å². The first-order chi connectivity index (χ1) is 7.74. The smallest absolute Gasteiger partial charge is 0.215 e. The fraction of sp³-hybridized carbons (Fsp3) is 1.00. The molecule has 1 heterocycles. The molecule has 0 aromatic rings. The molecule has 6 nitrogen and oxygen atoms in total. The van der Waals surface area contributed by atoms with E-state index in [1.807, 2.05) is 0 Å². The summed E-state index contributed by atoms with van der Waals surface area (Å²) in [4.78, 5) is 0. The van der Waals surface area contributed by atoms with Gasteiger partial charge in [0.2, 0.25) is 10.0 Å².